The predicted octanol–water partition coefficient (Wildman–Crippen LogP) is 5.67. The first kappa shape index (κ1) is 17.4. The van der Waals surface area contributed by atoms with Gasteiger partial charge in [0.25, 0.3) is 0 Å². The minimum atomic E-state index is 0.145. The normalized spacial score (nSPS) is 11.8. The van der Waals surface area contributed by atoms with Crippen molar-refractivity contribution in [3.05, 3.63) is 72.5 Å². The molecule has 0 aliphatic heterocycles. The highest BCUT2D eigenvalue weighted by molar-refractivity contribution is 5.79. The van der Waals surface area contributed by atoms with Gasteiger partial charge in [-0.15, -0.1) is 0 Å². The van der Waals surface area contributed by atoms with Crippen LogP contribution in [0.15, 0.2) is 71.3 Å². The third kappa shape index (κ3) is 3.61. The van der Waals surface area contributed by atoms with Crippen LogP contribution >= 0.6 is 0 Å². The molecule has 4 heteroatoms. The first-order chi connectivity index (χ1) is 13.0. The van der Waals surface area contributed by atoms with Gasteiger partial charge in [-0.05, 0) is 47.4 Å². The molecule has 4 rings (SSSR count). The molecule has 138 valence electrons. The lowest BCUT2D eigenvalue weighted by molar-refractivity contribution is 0.300. The number of nitrogens with zero attached hydrogens (tertiary/aromatic N) is 2. The molecule has 0 fully saturated rings. The van der Waals surface area contributed by atoms with Gasteiger partial charge in [-0.25, -0.2) is 4.98 Å². The van der Waals surface area contributed by atoms with Crippen LogP contribution in [0.1, 0.15) is 26.3 Å². The fraction of sp³-hybridized carbons (Fsp3) is 0.261. The summed E-state index contributed by atoms with van der Waals surface area (Å²) < 4.78 is 13.7. The van der Waals surface area contributed by atoms with E-state index in [4.69, 9.17) is 14.1 Å². The van der Waals surface area contributed by atoms with E-state index in [-0.39, 0.29) is 5.41 Å². The molecule has 0 aliphatic carbocycles. The van der Waals surface area contributed by atoms with Gasteiger partial charge in [-0.2, -0.15) is 0 Å². The SMILES string of the molecule is CC(C)(C)c1ccc(OCCn2c(-c3ccco3)nc3ccccc32)cc1. The standard InChI is InChI=1S/C23H24N2O2/c1-23(2,3)17-10-12-18(13-11-17)26-16-14-25-20-8-5-4-7-19(20)24-22(25)21-9-6-15-27-21/h4-13,15H,14,16H2,1-3H3. The quantitative estimate of drug-likeness (QED) is 0.460. The number of imidazole rings is 1. The number of furan rings is 1. The highest BCUT2D eigenvalue weighted by Crippen LogP contribution is 2.26. The zero-order valence-electron chi connectivity index (χ0n) is 16.0. The molecule has 0 amide bonds. The van der Waals surface area contributed by atoms with Gasteiger partial charge in [0.05, 0.1) is 23.8 Å². The Kier molecular flexibility index (Phi) is 4.48. The van der Waals surface area contributed by atoms with E-state index in [2.05, 4.69) is 43.5 Å². The summed E-state index contributed by atoms with van der Waals surface area (Å²) in [6.07, 6.45) is 1.67. The number of fused-ring (bicyclic) bond motifs is 1. The second kappa shape index (κ2) is 6.95. The van der Waals surface area contributed by atoms with Crippen LogP contribution in [0.2, 0.25) is 0 Å². The monoisotopic (exact) mass is 360 g/mol. The smallest absolute Gasteiger partial charge is 0.177 e. The Hall–Kier alpha value is -3.01. The minimum Gasteiger partial charge on any atom is -0.492 e. The van der Waals surface area contributed by atoms with E-state index in [9.17, 15) is 0 Å². The summed E-state index contributed by atoms with van der Waals surface area (Å²) in [7, 11) is 0. The molecule has 0 unspecified atom stereocenters. The third-order valence-electron chi connectivity index (χ3n) is 4.70. The Morgan fingerprint density at radius 3 is 2.44 bits per heavy atom. The molecular weight excluding hydrogens is 336 g/mol. The summed E-state index contributed by atoms with van der Waals surface area (Å²) in [4.78, 5) is 4.73. The summed E-state index contributed by atoms with van der Waals surface area (Å²) in [6.45, 7) is 7.88. The zero-order chi connectivity index (χ0) is 18.9. The Bertz CT molecular complexity index is 1020. The molecule has 0 saturated carbocycles. The van der Waals surface area contributed by atoms with Crippen molar-refractivity contribution in [3.63, 3.8) is 0 Å². The van der Waals surface area contributed by atoms with Crippen LogP contribution in [0.4, 0.5) is 0 Å². The van der Waals surface area contributed by atoms with Crippen LogP contribution in [0.5, 0.6) is 5.75 Å². The number of para-hydroxylation sites is 2. The molecule has 2 heterocycles. The zero-order valence-corrected chi connectivity index (χ0v) is 16.0. The maximum atomic E-state index is 5.99. The number of benzene rings is 2. The van der Waals surface area contributed by atoms with Crippen LogP contribution in [0.3, 0.4) is 0 Å². The molecule has 4 nitrogen and oxygen atoms in total. The van der Waals surface area contributed by atoms with Crippen LogP contribution in [0, 0.1) is 0 Å². The number of hydrogen-bond acceptors (Lipinski definition) is 3. The Labute approximate surface area is 159 Å². The summed E-state index contributed by atoms with van der Waals surface area (Å²) >= 11 is 0. The van der Waals surface area contributed by atoms with Crippen LogP contribution in [-0.4, -0.2) is 16.2 Å². The topological polar surface area (TPSA) is 40.2 Å². The fourth-order valence-electron chi connectivity index (χ4n) is 3.20. The molecule has 0 spiro atoms. The second-order valence-corrected chi connectivity index (χ2v) is 7.68. The van der Waals surface area contributed by atoms with Crippen molar-refractivity contribution < 1.29 is 9.15 Å². The molecule has 0 N–H and O–H groups in total. The highest BCUT2D eigenvalue weighted by Gasteiger charge is 2.15. The molecule has 2 aromatic heterocycles. The summed E-state index contributed by atoms with van der Waals surface area (Å²) in [5, 5.41) is 0. The maximum absolute atomic E-state index is 5.99. The molecule has 0 bridgehead atoms. The maximum Gasteiger partial charge on any atom is 0.177 e. The van der Waals surface area contributed by atoms with E-state index in [1.165, 1.54) is 5.56 Å². The van der Waals surface area contributed by atoms with Gasteiger partial charge in [0.1, 0.15) is 12.4 Å². The average Bonchev–Trinajstić information content (AvgIpc) is 3.29. The predicted molar refractivity (Wildman–Crippen MR) is 108 cm³/mol. The Morgan fingerprint density at radius 1 is 0.963 bits per heavy atom. The number of aromatic nitrogens is 2. The minimum absolute atomic E-state index is 0.145. The molecule has 27 heavy (non-hydrogen) atoms. The molecule has 0 atom stereocenters. The van der Waals surface area contributed by atoms with Crippen molar-refractivity contribution in [1.82, 2.24) is 9.55 Å². The number of hydrogen-bond donors (Lipinski definition) is 0. The van der Waals surface area contributed by atoms with E-state index in [1.54, 1.807) is 6.26 Å². The molecule has 0 radical (unpaired) electrons. The summed E-state index contributed by atoms with van der Waals surface area (Å²) in [5.41, 5.74) is 3.48. The molecule has 2 aromatic carbocycles. The number of ether oxygens (including phenoxy) is 1. The second-order valence-electron chi connectivity index (χ2n) is 7.68. The molecular formula is C23H24N2O2. The van der Waals surface area contributed by atoms with Gasteiger partial charge in [0, 0.05) is 0 Å². The lowest BCUT2D eigenvalue weighted by atomic mass is 9.87. The molecule has 0 saturated heterocycles. The van der Waals surface area contributed by atoms with Crippen molar-refractivity contribution in [2.75, 3.05) is 6.61 Å². The number of rotatable bonds is 5. The lowest BCUT2D eigenvalue weighted by Crippen LogP contribution is -2.11. The van der Waals surface area contributed by atoms with E-state index in [1.807, 2.05) is 42.5 Å². The molecule has 4 aromatic rings. The van der Waals surface area contributed by atoms with Gasteiger partial charge >= 0.3 is 0 Å². The van der Waals surface area contributed by atoms with Gasteiger partial charge in [-0.1, -0.05) is 45.0 Å². The summed E-state index contributed by atoms with van der Waals surface area (Å²) in [5.74, 6) is 2.47. The van der Waals surface area contributed by atoms with Gasteiger partial charge in [0.15, 0.2) is 11.6 Å². The first-order valence-electron chi connectivity index (χ1n) is 9.25. The van der Waals surface area contributed by atoms with E-state index in [0.29, 0.717) is 13.2 Å². The van der Waals surface area contributed by atoms with E-state index < -0.39 is 0 Å². The van der Waals surface area contributed by atoms with Crippen molar-refractivity contribution in [2.45, 2.75) is 32.7 Å². The van der Waals surface area contributed by atoms with Crippen LogP contribution in [0.25, 0.3) is 22.6 Å². The third-order valence-corrected chi connectivity index (χ3v) is 4.70. The lowest BCUT2D eigenvalue weighted by Gasteiger charge is -2.19. The Balaban J connectivity index is 1.53. The molecule has 0 aliphatic rings. The van der Waals surface area contributed by atoms with Crippen LogP contribution in [-0.2, 0) is 12.0 Å². The van der Waals surface area contributed by atoms with Gasteiger partial charge in [0.2, 0.25) is 0 Å². The first-order valence-corrected chi connectivity index (χ1v) is 9.25. The fourth-order valence-corrected chi connectivity index (χ4v) is 3.20. The van der Waals surface area contributed by atoms with Gasteiger partial charge < -0.3 is 13.7 Å². The summed E-state index contributed by atoms with van der Waals surface area (Å²) in [6, 6.07) is 20.3. The van der Waals surface area contributed by atoms with Crippen molar-refractivity contribution in [3.8, 4) is 17.3 Å². The average molecular weight is 360 g/mol. The van der Waals surface area contributed by atoms with Crippen molar-refractivity contribution >= 4 is 11.0 Å². The van der Waals surface area contributed by atoms with E-state index >= 15 is 0 Å². The van der Waals surface area contributed by atoms with Crippen molar-refractivity contribution in [2.24, 2.45) is 0 Å². The van der Waals surface area contributed by atoms with Crippen molar-refractivity contribution in [1.29, 1.82) is 0 Å². The Morgan fingerprint density at radius 2 is 1.74 bits per heavy atom. The van der Waals surface area contributed by atoms with Gasteiger partial charge in [-0.3, -0.25) is 0 Å². The highest BCUT2D eigenvalue weighted by atomic mass is 16.5. The largest absolute Gasteiger partial charge is 0.492 e. The van der Waals surface area contributed by atoms with Crippen LogP contribution < -0.4 is 4.74 Å². The van der Waals surface area contributed by atoms with E-state index in [0.717, 1.165) is 28.4 Å².